The molecule has 26 heavy (non-hydrogen) atoms. The molecule has 5 nitrogen and oxygen atoms in total. The zero-order chi connectivity index (χ0) is 19.2. The first-order chi connectivity index (χ1) is 12.4. The highest BCUT2D eigenvalue weighted by Gasteiger charge is 2.38. The zero-order valence-corrected chi connectivity index (χ0v) is 17.5. The van der Waals surface area contributed by atoms with Crippen LogP contribution in [0.2, 0.25) is 5.02 Å². The van der Waals surface area contributed by atoms with Crippen molar-refractivity contribution in [1.29, 1.82) is 0 Å². The van der Waals surface area contributed by atoms with Gasteiger partial charge < -0.3 is 9.47 Å². The van der Waals surface area contributed by atoms with E-state index in [-0.39, 0.29) is 17.1 Å². The summed E-state index contributed by atoms with van der Waals surface area (Å²) < 4.78 is 39.1. The molecular weight excluding hydrogens is 374 g/mol. The predicted octanol–water partition coefficient (Wildman–Crippen LogP) is 3.75. The molecule has 0 unspecified atom stereocenters. The normalized spacial score (nSPS) is 17.4. The van der Waals surface area contributed by atoms with Crippen LogP contribution in [0.3, 0.4) is 0 Å². The second kappa shape index (κ2) is 9.40. The van der Waals surface area contributed by atoms with Crippen molar-refractivity contribution >= 4 is 21.6 Å². The number of sulfonamides is 1. The summed E-state index contributed by atoms with van der Waals surface area (Å²) in [6, 6.07) is 5.52. The molecule has 0 aliphatic carbocycles. The maximum Gasteiger partial charge on any atom is 0.211 e. The quantitative estimate of drug-likeness (QED) is 0.681. The van der Waals surface area contributed by atoms with Crippen LogP contribution in [0.1, 0.15) is 45.1 Å². The molecule has 1 aliphatic heterocycles. The number of rotatable bonds is 9. The summed E-state index contributed by atoms with van der Waals surface area (Å²) >= 11 is 6.23. The van der Waals surface area contributed by atoms with Gasteiger partial charge in [-0.1, -0.05) is 38.3 Å². The van der Waals surface area contributed by atoms with E-state index in [9.17, 15) is 8.42 Å². The fourth-order valence-electron chi connectivity index (χ4n) is 3.54. The maximum absolute atomic E-state index is 12.6. The number of ether oxygens (including phenoxy) is 2. The van der Waals surface area contributed by atoms with Crippen LogP contribution in [0, 0.1) is 5.92 Å². The third-order valence-electron chi connectivity index (χ3n) is 5.42. The Morgan fingerprint density at radius 3 is 2.50 bits per heavy atom. The van der Waals surface area contributed by atoms with E-state index in [1.54, 1.807) is 13.2 Å². The molecule has 1 N–H and O–H groups in total. The summed E-state index contributed by atoms with van der Waals surface area (Å²) in [7, 11) is -1.72. The molecule has 2 rings (SSSR count). The number of hydrogen-bond donors (Lipinski definition) is 1. The van der Waals surface area contributed by atoms with Crippen LogP contribution in [0.15, 0.2) is 18.2 Å². The number of nitrogens with one attached hydrogen (secondary N) is 1. The highest BCUT2D eigenvalue weighted by molar-refractivity contribution is 7.89. The number of hydrogen-bond acceptors (Lipinski definition) is 4. The van der Waals surface area contributed by atoms with Gasteiger partial charge >= 0.3 is 0 Å². The first-order valence-electron chi connectivity index (χ1n) is 9.25. The van der Waals surface area contributed by atoms with Crippen LogP contribution in [-0.4, -0.2) is 41.0 Å². The summed E-state index contributed by atoms with van der Waals surface area (Å²) in [4.78, 5) is 0. The Labute approximate surface area is 162 Å². The minimum atomic E-state index is -3.34. The Balaban J connectivity index is 2.27. The van der Waals surface area contributed by atoms with Crippen molar-refractivity contribution in [2.45, 2.75) is 44.9 Å². The number of methoxy groups -OCH3 is 1. The van der Waals surface area contributed by atoms with Crippen molar-refractivity contribution in [1.82, 2.24) is 4.72 Å². The van der Waals surface area contributed by atoms with Gasteiger partial charge in [0.15, 0.2) is 0 Å². The van der Waals surface area contributed by atoms with Crippen molar-refractivity contribution < 1.29 is 17.9 Å². The monoisotopic (exact) mass is 403 g/mol. The highest BCUT2D eigenvalue weighted by Crippen LogP contribution is 2.40. The van der Waals surface area contributed by atoms with E-state index < -0.39 is 10.0 Å². The summed E-state index contributed by atoms with van der Waals surface area (Å²) in [5.74, 6) is 1.08. The molecule has 1 aromatic rings. The van der Waals surface area contributed by atoms with Crippen LogP contribution in [0.5, 0.6) is 5.75 Å². The molecule has 1 fully saturated rings. The van der Waals surface area contributed by atoms with Gasteiger partial charge in [0, 0.05) is 35.8 Å². The van der Waals surface area contributed by atoms with Crippen molar-refractivity contribution in [2.75, 3.05) is 32.6 Å². The highest BCUT2D eigenvalue weighted by atomic mass is 35.5. The van der Waals surface area contributed by atoms with Crippen molar-refractivity contribution in [3.8, 4) is 5.75 Å². The second-order valence-corrected chi connectivity index (χ2v) is 9.31. The predicted molar refractivity (Wildman–Crippen MR) is 106 cm³/mol. The summed E-state index contributed by atoms with van der Waals surface area (Å²) in [5.41, 5.74) is 0.566. The van der Waals surface area contributed by atoms with Crippen LogP contribution in [0.4, 0.5) is 0 Å². The maximum atomic E-state index is 12.6. The molecular formula is C19H30ClNO4S. The van der Waals surface area contributed by atoms with Gasteiger partial charge in [-0.05, 0) is 37.0 Å². The molecule has 0 aromatic heterocycles. The smallest absolute Gasteiger partial charge is 0.211 e. The molecule has 0 bridgehead atoms. The zero-order valence-electron chi connectivity index (χ0n) is 15.9. The molecule has 0 radical (unpaired) electrons. The molecule has 1 saturated heterocycles. The van der Waals surface area contributed by atoms with Crippen molar-refractivity contribution in [3.05, 3.63) is 28.8 Å². The Kier molecular flexibility index (Phi) is 7.76. The standard InChI is InChI=1S/C19H30ClNO4S/c1-4-15(5-2)13-26(22,23)21-14-19(8-10-25-11-9-19)17-12-16(20)6-7-18(17)24-3/h6-7,12,15,21H,4-5,8-11,13-14H2,1-3H3. The largest absolute Gasteiger partial charge is 0.496 e. The fraction of sp³-hybridized carbons (Fsp3) is 0.684. The minimum Gasteiger partial charge on any atom is -0.496 e. The molecule has 0 atom stereocenters. The van der Waals surface area contributed by atoms with Gasteiger partial charge in [0.1, 0.15) is 5.75 Å². The van der Waals surface area contributed by atoms with Gasteiger partial charge in [-0.25, -0.2) is 13.1 Å². The van der Waals surface area contributed by atoms with Crippen molar-refractivity contribution in [3.63, 3.8) is 0 Å². The van der Waals surface area contributed by atoms with Gasteiger partial charge in [-0.3, -0.25) is 0 Å². The van der Waals surface area contributed by atoms with Gasteiger partial charge in [0.2, 0.25) is 10.0 Å². The van der Waals surface area contributed by atoms with Crippen LogP contribution in [0.25, 0.3) is 0 Å². The lowest BCUT2D eigenvalue weighted by Gasteiger charge is -2.38. The Morgan fingerprint density at radius 1 is 1.27 bits per heavy atom. The first kappa shape index (κ1) is 21.5. The summed E-state index contributed by atoms with van der Waals surface area (Å²) in [5, 5.41) is 0.617. The van der Waals surface area contributed by atoms with Gasteiger partial charge in [-0.15, -0.1) is 0 Å². The van der Waals surface area contributed by atoms with E-state index in [1.165, 1.54) is 0 Å². The average Bonchev–Trinajstić information content (AvgIpc) is 2.65. The van der Waals surface area contributed by atoms with E-state index in [4.69, 9.17) is 21.1 Å². The van der Waals surface area contributed by atoms with E-state index in [0.29, 0.717) is 24.8 Å². The Hall–Kier alpha value is -0.820. The number of halogens is 1. The second-order valence-electron chi connectivity index (χ2n) is 7.02. The van der Waals surface area contributed by atoms with Crippen molar-refractivity contribution in [2.24, 2.45) is 5.92 Å². The Bertz CT molecular complexity index is 683. The topological polar surface area (TPSA) is 64.6 Å². The summed E-state index contributed by atoms with van der Waals surface area (Å²) in [6.45, 7) is 5.56. The first-order valence-corrected chi connectivity index (χ1v) is 11.3. The molecule has 1 aliphatic rings. The molecule has 1 aromatic carbocycles. The van der Waals surface area contributed by atoms with Gasteiger partial charge in [-0.2, -0.15) is 0 Å². The van der Waals surface area contributed by atoms with E-state index in [2.05, 4.69) is 4.72 Å². The lowest BCUT2D eigenvalue weighted by Crippen LogP contribution is -2.45. The SMILES string of the molecule is CCC(CC)CS(=O)(=O)NCC1(c2cc(Cl)ccc2OC)CCOCC1. The van der Waals surface area contributed by atoms with Crippen LogP contribution < -0.4 is 9.46 Å². The Morgan fingerprint density at radius 2 is 1.92 bits per heavy atom. The van der Waals surface area contributed by atoms with Crippen LogP contribution >= 0.6 is 11.6 Å². The van der Waals surface area contributed by atoms with Gasteiger partial charge in [0.05, 0.1) is 12.9 Å². The van der Waals surface area contributed by atoms with E-state index in [0.717, 1.165) is 37.0 Å². The van der Waals surface area contributed by atoms with Crippen LogP contribution in [-0.2, 0) is 20.2 Å². The third kappa shape index (κ3) is 5.35. The molecule has 0 spiro atoms. The van der Waals surface area contributed by atoms with Gasteiger partial charge in [0.25, 0.3) is 0 Å². The van der Waals surface area contributed by atoms with E-state index in [1.807, 2.05) is 26.0 Å². The fourth-order valence-corrected chi connectivity index (χ4v) is 5.42. The lowest BCUT2D eigenvalue weighted by molar-refractivity contribution is 0.0508. The third-order valence-corrected chi connectivity index (χ3v) is 7.15. The summed E-state index contributed by atoms with van der Waals surface area (Å²) in [6.07, 6.45) is 3.16. The molecule has 0 amide bonds. The number of benzene rings is 1. The minimum absolute atomic E-state index is 0.166. The lowest BCUT2D eigenvalue weighted by atomic mass is 9.74. The average molecular weight is 404 g/mol. The molecule has 7 heteroatoms. The molecule has 0 saturated carbocycles. The van der Waals surface area contributed by atoms with E-state index >= 15 is 0 Å². The molecule has 1 heterocycles. The molecule has 148 valence electrons.